The number of nitrogens with zero attached hydrogens (tertiary/aromatic N) is 4. The van der Waals surface area contributed by atoms with E-state index in [1.807, 2.05) is 37.6 Å². The number of hydrogen-bond acceptors (Lipinski definition) is 5. The van der Waals surface area contributed by atoms with Gasteiger partial charge in [0.05, 0.1) is 5.25 Å². The summed E-state index contributed by atoms with van der Waals surface area (Å²) in [5.74, 6) is 0.788. The molecule has 0 fully saturated rings. The van der Waals surface area contributed by atoms with Gasteiger partial charge < -0.3 is 9.88 Å². The molecular weight excluding hydrogens is 286 g/mol. The number of carbonyl (C=O) groups excluding carboxylic acids is 1. The molecule has 2 aromatic rings. The Morgan fingerprint density at radius 1 is 1.38 bits per heavy atom. The zero-order valence-corrected chi connectivity index (χ0v) is 13.2. The molecule has 112 valence electrons. The largest absolute Gasteiger partial charge is 0.355 e. The molecule has 21 heavy (non-hydrogen) atoms. The lowest BCUT2D eigenvalue weighted by Crippen LogP contribution is -2.31. The van der Waals surface area contributed by atoms with E-state index >= 15 is 0 Å². The Bertz CT molecular complexity index is 599. The first kappa shape index (κ1) is 15.5. The van der Waals surface area contributed by atoms with E-state index in [2.05, 4.69) is 20.5 Å². The van der Waals surface area contributed by atoms with Crippen molar-refractivity contribution in [1.29, 1.82) is 0 Å². The van der Waals surface area contributed by atoms with Crippen molar-refractivity contribution in [2.45, 2.75) is 30.7 Å². The number of nitrogens with one attached hydrogen (secondary N) is 1. The van der Waals surface area contributed by atoms with E-state index in [-0.39, 0.29) is 11.2 Å². The SMILES string of the molecule is CCCNC(=O)[C@@H](C)Sc1nnc(-c2ccncc2)n1C. The molecular formula is C14H19N5OS. The molecule has 7 heteroatoms. The Morgan fingerprint density at radius 2 is 2.10 bits per heavy atom. The highest BCUT2D eigenvalue weighted by Crippen LogP contribution is 2.25. The number of hydrogen-bond donors (Lipinski definition) is 1. The van der Waals surface area contributed by atoms with Gasteiger partial charge in [-0.05, 0) is 25.5 Å². The minimum Gasteiger partial charge on any atom is -0.355 e. The van der Waals surface area contributed by atoms with Crippen molar-refractivity contribution in [1.82, 2.24) is 25.1 Å². The lowest BCUT2D eigenvalue weighted by Gasteiger charge is -2.10. The number of carbonyl (C=O) groups is 1. The lowest BCUT2D eigenvalue weighted by atomic mass is 10.2. The van der Waals surface area contributed by atoms with Crippen molar-refractivity contribution in [2.24, 2.45) is 7.05 Å². The third-order valence-corrected chi connectivity index (χ3v) is 4.11. The maximum Gasteiger partial charge on any atom is 0.233 e. The first-order valence-electron chi connectivity index (χ1n) is 6.87. The van der Waals surface area contributed by atoms with Crippen molar-refractivity contribution in [3.8, 4) is 11.4 Å². The first-order chi connectivity index (χ1) is 10.1. The van der Waals surface area contributed by atoms with Crippen LogP contribution in [0.4, 0.5) is 0 Å². The number of amides is 1. The zero-order valence-electron chi connectivity index (χ0n) is 12.4. The summed E-state index contributed by atoms with van der Waals surface area (Å²) in [6.07, 6.45) is 4.37. The average Bonchev–Trinajstić information content (AvgIpc) is 2.86. The first-order valence-corrected chi connectivity index (χ1v) is 7.75. The number of aromatic nitrogens is 4. The van der Waals surface area contributed by atoms with Crippen LogP contribution in [-0.2, 0) is 11.8 Å². The average molecular weight is 305 g/mol. The molecule has 0 aliphatic carbocycles. The van der Waals surface area contributed by atoms with Gasteiger partial charge in [0.1, 0.15) is 0 Å². The number of thioether (sulfide) groups is 1. The summed E-state index contributed by atoms with van der Waals surface area (Å²) in [6, 6.07) is 3.77. The predicted octanol–water partition coefficient (Wildman–Crippen LogP) is 1.88. The monoisotopic (exact) mass is 305 g/mol. The minimum absolute atomic E-state index is 0.0234. The second kappa shape index (κ2) is 7.21. The van der Waals surface area contributed by atoms with Crippen LogP contribution < -0.4 is 5.32 Å². The van der Waals surface area contributed by atoms with Crippen LogP contribution in [0.1, 0.15) is 20.3 Å². The van der Waals surface area contributed by atoms with E-state index in [1.165, 1.54) is 11.8 Å². The summed E-state index contributed by atoms with van der Waals surface area (Å²) in [6.45, 7) is 4.60. The minimum atomic E-state index is -0.204. The number of rotatable bonds is 6. The summed E-state index contributed by atoms with van der Waals surface area (Å²) in [4.78, 5) is 15.9. The van der Waals surface area contributed by atoms with Gasteiger partial charge in [-0.15, -0.1) is 10.2 Å². The second-order valence-electron chi connectivity index (χ2n) is 4.65. The maximum absolute atomic E-state index is 11.9. The molecule has 0 saturated heterocycles. The van der Waals surface area contributed by atoms with Crippen LogP contribution in [0.3, 0.4) is 0 Å². The normalized spacial score (nSPS) is 12.1. The Hall–Kier alpha value is -1.89. The Kier molecular flexibility index (Phi) is 5.32. The molecule has 0 aromatic carbocycles. The molecule has 1 amide bonds. The quantitative estimate of drug-likeness (QED) is 0.825. The fourth-order valence-corrected chi connectivity index (χ4v) is 2.61. The molecule has 2 rings (SSSR count). The maximum atomic E-state index is 11.9. The molecule has 0 unspecified atom stereocenters. The molecule has 0 bridgehead atoms. The van der Waals surface area contributed by atoms with Gasteiger partial charge in [-0.1, -0.05) is 18.7 Å². The van der Waals surface area contributed by atoms with E-state index in [9.17, 15) is 4.79 Å². The highest BCUT2D eigenvalue weighted by atomic mass is 32.2. The summed E-state index contributed by atoms with van der Waals surface area (Å²) in [5, 5.41) is 11.8. The van der Waals surface area contributed by atoms with Crippen LogP contribution in [-0.4, -0.2) is 37.5 Å². The molecule has 0 aliphatic heterocycles. The lowest BCUT2D eigenvalue weighted by molar-refractivity contribution is -0.120. The molecule has 0 spiro atoms. The van der Waals surface area contributed by atoms with Crippen molar-refractivity contribution in [3.63, 3.8) is 0 Å². The predicted molar refractivity (Wildman–Crippen MR) is 82.9 cm³/mol. The smallest absolute Gasteiger partial charge is 0.233 e. The summed E-state index contributed by atoms with van der Waals surface area (Å²) in [5.41, 5.74) is 0.954. The van der Waals surface area contributed by atoms with Crippen LogP contribution in [0.5, 0.6) is 0 Å². The van der Waals surface area contributed by atoms with Crippen molar-refractivity contribution < 1.29 is 4.79 Å². The fraction of sp³-hybridized carbons (Fsp3) is 0.429. The highest BCUT2D eigenvalue weighted by molar-refractivity contribution is 8.00. The highest BCUT2D eigenvalue weighted by Gasteiger charge is 2.18. The van der Waals surface area contributed by atoms with Gasteiger partial charge in [0.25, 0.3) is 0 Å². The van der Waals surface area contributed by atoms with E-state index in [0.717, 1.165) is 23.0 Å². The van der Waals surface area contributed by atoms with Gasteiger partial charge in [-0.3, -0.25) is 9.78 Å². The van der Waals surface area contributed by atoms with Gasteiger partial charge >= 0.3 is 0 Å². The molecule has 1 N–H and O–H groups in total. The van der Waals surface area contributed by atoms with Gasteiger partial charge in [-0.2, -0.15) is 0 Å². The Morgan fingerprint density at radius 3 is 2.76 bits per heavy atom. The van der Waals surface area contributed by atoms with Crippen LogP contribution in [0, 0.1) is 0 Å². The molecule has 6 nitrogen and oxygen atoms in total. The van der Waals surface area contributed by atoms with E-state index in [0.29, 0.717) is 6.54 Å². The van der Waals surface area contributed by atoms with Gasteiger partial charge in [0.2, 0.25) is 5.91 Å². The third-order valence-electron chi connectivity index (χ3n) is 2.97. The van der Waals surface area contributed by atoms with Crippen LogP contribution in [0.2, 0.25) is 0 Å². The van der Waals surface area contributed by atoms with Crippen molar-refractivity contribution >= 4 is 17.7 Å². The Balaban J connectivity index is 2.09. The zero-order chi connectivity index (χ0) is 15.2. The molecule has 0 aliphatic rings. The summed E-state index contributed by atoms with van der Waals surface area (Å²) < 4.78 is 1.89. The third kappa shape index (κ3) is 3.81. The fourth-order valence-electron chi connectivity index (χ4n) is 1.77. The molecule has 1 atom stereocenters. The number of pyridine rings is 1. The van der Waals surface area contributed by atoms with Gasteiger partial charge in [0.15, 0.2) is 11.0 Å². The van der Waals surface area contributed by atoms with Gasteiger partial charge in [0, 0.05) is 31.5 Å². The Labute approximate surface area is 128 Å². The van der Waals surface area contributed by atoms with Gasteiger partial charge in [-0.25, -0.2) is 0 Å². The van der Waals surface area contributed by atoms with Crippen LogP contribution in [0.15, 0.2) is 29.7 Å². The van der Waals surface area contributed by atoms with E-state index in [1.54, 1.807) is 12.4 Å². The molecule has 0 radical (unpaired) electrons. The molecule has 2 aromatic heterocycles. The van der Waals surface area contributed by atoms with Crippen LogP contribution in [0.25, 0.3) is 11.4 Å². The summed E-state index contributed by atoms with van der Waals surface area (Å²) >= 11 is 1.41. The molecule has 2 heterocycles. The van der Waals surface area contributed by atoms with E-state index < -0.39 is 0 Å². The molecule has 0 saturated carbocycles. The second-order valence-corrected chi connectivity index (χ2v) is 5.96. The summed E-state index contributed by atoms with van der Waals surface area (Å²) in [7, 11) is 1.90. The topological polar surface area (TPSA) is 72.7 Å². The van der Waals surface area contributed by atoms with Crippen LogP contribution >= 0.6 is 11.8 Å². The van der Waals surface area contributed by atoms with Crippen molar-refractivity contribution in [3.05, 3.63) is 24.5 Å². The van der Waals surface area contributed by atoms with Crippen molar-refractivity contribution in [2.75, 3.05) is 6.54 Å². The standard InChI is InChI=1S/C14H19N5OS/c1-4-7-16-13(20)10(2)21-14-18-17-12(19(14)3)11-5-8-15-9-6-11/h5-6,8-10H,4,7H2,1-3H3,(H,16,20)/t10-/m1/s1. The van der Waals surface area contributed by atoms with E-state index in [4.69, 9.17) is 0 Å².